The monoisotopic (exact) mass is 426 g/mol. The fourth-order valence-corrected chi connectivity index (χ4v) is 4.65. The molecule has 0 aliphatic rings. The molecule has 0 radical (unpaired) electrons. The van der Waals surface area contributed by atoms with Crippen LogP contribution in [0.3, 0.4) is 0 Å². The number of hydrogen-bond acceptors (Lipinski definition) is 8. The molecule has 0 heterocycles. The van der Waals surface area contributed by atoms with Crippen LogP contribution >= 0.6 is 11.4 Å². The van der Waals surface area contributed by atoms with E-state index in [1.54, 1.807) is 0 Å². The molecule has 0 aliphatic carbocycles. The van der Waals surface area contributed by atoms with Crippen molar-refractivity contribution in [1.82, 2.24) is 0 Å². The summed E-state index contributed by atoms with van der Waals surface area (Å²) in [4.78, 5) is 0. The quantitative estimate of drug-likeness (QED) is 0.331. The minimum absolute atomic E-state index is 0. The Morgan fingerprint density at radius 3 is 0.947 bits per heavy atom. The van der Waals surface area contributed by atoms with Crippen LogP contribution in [-0.4, -0.2) is 26.4 Å². The number of rotatable bonds is 8. The third-order valence-electron chi connectivity index (χ3n) is 1.15. The number of hydrogen-bond donors (Lipinski definition) is 0. The molecule has 0 unspecified atom stereocenters. The van der Waals surface area contributed by atoms with Gasteiger partial charge < -0.3 is 42.6 Å². The second-order valence-corrected chi connectivity index (χ2v) is 12.5. The molecule has 0 aromatic heterocycles. The first-order chi connectivity index (χ1) is 8.24. The first kappa shape index (κ1) is 26.3. The van der Waals surface area contributed by atoms with Crippen molar-refractivity contribution in [2.75, 3.05) is 26.4 Å². The van der Waals surface area contributed by atoms with E-state index < -0.39 is 11.4 Å². The van der Waals surface area contributed by atoms with Gasteiger partial charge in [0.2, 0.25) is 0 Å². The topological polar surface area (TPSA) is 36.9 Å². The molecule has 0 aromatic rings. The molecule has 0 aliphatic heterocycles. The maximum absolute atomic E-state index is 4.99. The van der Waals surface area contributed by atoms with Crippen LogP contribution in [0.2, 0.25) is 0 Å². The Hall–Kier alpha value is 2.36. The molecule has 0 amide bonds. The maximum atomic E-state index is 4.99. The molecular weight excluding hydrogens is 406 g/mol. The van der Waals surface area contributed by atoms with Crippen LogP contribution in [0.5, 0.6) is 0 Å². The summed E-state index contributed by atoms with van der Waals surface area (Å²) in [6.45, 7) is 9.58. The van der Waals surface area contributed by atoms with Gasteiger partial charge >= 0.3 is 17.1 Å². The van der Waals surface area contributed by atoms with Gasteiger partial charge in [0.1, 0.15) is 0 Å². The molecule has 0 saturated carbocycles. The molecule has 0 spiro atoms. The summed E-state index contributed by atoms with van der Waals surface area (Å²) >= 11 is 19.3. The van der Waals surface area contributed by atoms with Crippen molar-refractivity contribution in [2.45, 2.75) is 27.7 Å². The summed E-state index contributed by atoms with van der Waals surface area (Å²) < 4.78 is 20.0. The largest absolute Gasteiger partial charge is 2.00 e. The van der Waals surface area contributed by atoms with Crippen LogP contribution in [0.25, 0.3) is 0 Å². The summed E-state index contributed by atoms with van der Waals surface area (Å²) in [6.07, 6.45) is 0. The zero-order chi connectivity index (χ0) is 14.7. The zero-order valence-electron chi connectivity index (χ0n) is 11.3. The summed E-state index contributed by atoms with van der Waals surface area (Å²) in [7, 11) is 0. The van der Waals surface area contributed by atoms with E-state index in [-0.39, 0.29) is 17.1 Å². The molecular formula is C8H20FeO4P2S4. The Bertz CT molecular complexity index is 248. The van der Waals surface area contributed by atoms with Gasteiger partial charge in [0.15, 0.2) is 0 Å². The minimum Gasteiger partial charge on any atom is -0.691 e. The van der Waals surface area contributed by atoms with Crippen LogP contribution in [0.4, 0.5) is 0 Å². The Kier molecular flexibility index (Phi) is 21.1. The fourth-order valence-electron chi connectivity index (χ4n) is 0.707. The van der Waals surface area contributed by atoms with E-state index in [2.05, 4.69) is 0 Å². The van der Waals surface area contributed by atoms with Crippen molar-refractivity contribution in [3.05, 3.63) is 0 Å². The van der Waals surface area contributed by atoms with E-state index in [0.717, 1.165) is 0 Å². The van der Waals surface area contributed by atoms with E-state index in [4.69, 9.17) is 66.2 Å². The molecule has 19 heavy (non-hydrogen) atoms. The average Bonchev–Trinajstić information content (AvgIpc) is 2.17. The Morgan fingerprint density at radius 1 is 0.684 bits per heavy atom. The minimum atomic E-state index is -2.28. The molecule has 0 saturated heterocycles. The van der Waals surface area contributed by atoms with Crippen LogP contribution in [0.1, 0.15) is 27.7 Å². The zero-order valence-corrected chi connectivity index (χ0v) is 17.5. The average molecular weight is 426 g/mol. The molecule has 11 heteroatoms. The summed E-state index contributed by atoms with van der Waals surface area (Å²) in [5.74, 6) is 0. The third kappa shape index (κ3) is 20.4. The Morgan fingerprint density at radius 2 is 0.842 bits per heavy atom. The van der Waals surface area contributed by atoms with Crippen molar-refractivity contribution in [2.24, 2.45) is 0 Å². The first-order valence-corrected chi connectivity index (χ1v) is 12.7. The molecule has 0 rings (SSSR count). The van der Waals surface area contributed by atoms with Gasteiger partial charge in [-0.2, -0.15) is 0 Å². The molecule has 0 bridgehead atoms. The standard InChI is InChI=1S/2C4H11O2PS2.Fe/c2*1-3-5-7(8,9)6-4-2;/h2*3-4H2,1-2H3,(H,8,9);/q;;+2/p-2. The first-order valence-electron chi connectivity index (χ1n) is 5.44. The molecule has 118 valence electrons. The van der Waals surface area contributed by atoms with Crippen molar-refractivity contribution < 1.29 is 35.2 Å². The predicted molar refractivity (Wildman–Crippen MR) is 89.8 cm³/mol. The van der Waals surface area contributed by atoms with Gasteiger partial charge in [0, 0.05) is 26.4 Å². The Labute approximate surface area is 148 Å². The second kappa shape index (κ2) is 15.3. The van der Waals surface area contributed by atoms with E-state index in [1.165, 1.54) is 0 Å². The molecule has 0 atom stereocenters. The predicted octanol–water partition coefficient (Wildman–Crippen LogP) is 3.66. The SMILES string of the molecule is CCOP(=S)([S-])OCC.CCOP(=S)([S-])OCC.[Fe+2]. The molecule has 4 nitrogen and oxygen atoms in total. The van der Waals surface area contributed by atoms with Crippen LogP contribution in [0, 0.1) is 0 Å². The van der Waals surface area contributed by atoms with Crippen molar-refractivity contribution in [1.29, 1.82) is 0 Å². The van der Waals surface area contributed by atoms with E-state index >= 15 is 0 Å². The molecule has 0 N–H and O–H groups in total. The second-order valence-electron chi connectivity index (χ2n) is 2.57. The van der Waals surface area contributed by atoms with Gasteiger partial charge in [-0.25, -0.2) is 0 Å². The normalized spacial score (nSPS) is 11.3. The van der Waals surface area contributed by atoms with Gasteiger partial charge in [0.25, 0.3) is 0 Å². The third-order valence-corrected chi connectivity index (χ3v) is 5.98. The van der Waals surface area contributed by atoms with Crippen molar-refractivity contribution >= 4 is 59.5 Å². The van der Waals surface area contributed by atoms with Gasteiger partial charge in [0.05, 0.1) is 11.4 Å². The maximum Gasteiger partial charge on any atom is 2.00 e. The molecule has 0 aromatic carbocycles. The fraction of sp³-hybridized carbons (Fsp3) is 1.00. The smallest absolute Gasteiger partial charge is 0.691 e. The van der Waals surface area contributed by atoms with Crippen molar-refractivity contribution in [3.63, 3.8) is 0 Å². The van der Waals surface area contributed by atoms with E-state index in [9.17, 15) is 0 Å². The van der Waals surface area contributed by atoms with Gasteiger partial charge in [-0.3, -0.25) is 0 Å². The summed E-state index contributed by atoms with van der Waals surface area (Å²) in [5, 5.41) is 0. The van der Waals surface area contributed by atoms with Gasteiger partial charge in [-0.15, -0.1) is 0 Å². The van der Waals surface area contributed by atoms with E-state index in [1.807, 2.05) is 27.7 Å². The summed E-state index contributed by atoms with van der Waals surface area (Å²) in [6, 6.07) is 0. The summed E-state index contributed by atoms with van der Waals surface area (Å²) in [5.41, 5.74) is -4.55. The van der Waals surface area contributed by atoms with Gasteiger partial charge in [-0.05, 0) is 27.7 Å². The van der Waals surface area contributed by atoms with Crippen LogP contribution in [0.15, 0.2) is 0 Å². The van der Waals surface area contributed by atoms with Crippen LogP contribution < -0.4 is 0 Å². The van der Waals surface area contributed by atoms with Gasteiger partial charge in [-0.1, -0.05) is 23.6 Å². The van der Waals surface area contributed by atoms with E-state index in [0.29, 0.717) is 26.4 Å². The molecule has 0 fully saturated rings. The van der Waals surface area contributed by atoms with Crippen LogP contribution in [-0.2, 0) is 83.3 Å². The Balaban J connectivity index is -0.000000256. The van der Waals surface area contributed by atoms with Crippen molar-refractivity contribution in [3.8, 4) is 0 Å².